The van der Waals surface area contributed by atoms with E-state index < -0.39 is 0 Å². The van der Waals surface area contributed by atoms with Crippen LogP contribution in [0.25, 0.3) is 0 Å². The lowest BCUT2D eigenvalue weighted by Crippen LogP contribution is -1.76. The van der Waals surface area contributed by atoms with E-state index in [2.05, 4.69) is 17.6 Å². The lowest BCUT2D eigenvalue weighted by atomic mass is 10.5. The Morgan fingerprint density at radius 1 is 1.62 bits per heavy atom. The van der Waals surface area contributed by atoms with Crippen LogP contribution in [0.15, 0.2) is 23.4 Å². The van der Waals surface area contributed by atoms with Gasteiger partial charge in [0.1, 0.15) is 5.82 Å². The second kappa shape index (κ2) is 2.13. The van der Waals surface area contributed by atoms with Gasteiger partial charge in [0.15, 0.2) is 0 Å². The first-order valence-corrected chi connectivity index (χ1v) is 2.54. The Kier molecular flexibility index (Phi) is 1.48. The van der Waals surface area contributed by atoms with Gasteiger partial charge in [-0.2, -0.15) is 0 Å². The van der Waals surface area contributed by atoms with Crippen LogP contribution in [-0.2, 0) is 0 Å². The van der Waals surface area contributed by atoms with Gasteiger partial charge >= 0.3 is 0 Å². The van der Waals surface area contributed by atoms with Crippen molar-refractivity contribution in [2.45, 2.75) is 4.90 Å². The number of aromatic nitrogens is 1. The summed E-state index contributed by atoms with van der Waals surface area (Å²) < 4.78 is 12.2. The summed E-state index contributed by atoms with van der Waals surface area (Å²) in [7, 11) is 0. The Morgan fingerprint density at radius 3 is 2.75 bits per heavy atom. The van der Waals surface area contributed by atoms with Crippen LogP contribution in [-0.4, -0.2) is 4.98 Å². The van der Waals surface area contributed by atoms with Gasteiger partial charge in [-0.15, -0.1) is 12.6 Å². The molecule has 1 aromatic rings. The van der Waals surface area contributed by atoms with Crippen molar-refractivity contribution in [3.05, 3.63) is 24.3 Å². The molecular formula is C5H4FNS. The highest BCUT2D eigenvalue weighted by molar-refractivity contribution is 7.80. The highest BCUT2D eigenvalue weighted by atomic mass is 32.1. The van der Waals surface area contributed by atoms with Crippen LogP contribution in [0.3, 0.4) is 0 Å². The van der Waals surface area contributed by atoms with Crippen LogP contribution in [0.4, 0.5) is 4.39 Å². The standard InChI is InChI=1S/C5H4FNS/c6-4-1-2-7-3-5(4)8/h1-3,8H. The largest absolute Gasteiger partial charge is 0.263 e. The van der Waals surface area contributed by atoms with E-state index in [-0.39, 0.29) is 10.7 Å². The van der Waals surface area contributed by atoms with Crippen molar-refractivity contribution in [1.29, 1.82) is 0 Å². The Hall–Kier alpha value is -0.570. The minimum atomic E-state index is -0.330. The summed E-state index contributed by atoms with van der Waals surface area (Å²) in [5, 5.41) is 0. The minimum Gasteiger partial charge on any atom is -0.263 e. The number of thiol groups is 1. The lowest BCUT2D eigenvalue weighted by Gasteiger charge is -1.87. The molecule has 1 heterocycles. The van der Waals surface area contributed by atoms with Gasteiger partial charge in [0.25, 0.3) is 0 Å². The van der Waals surface area contributed by atoms with Gasteiger partial charge in [-0.3, -0.25) is 4.98 Å². The van der Waals surface area contributed by atoms with E-state index in [1.165, 1.54) is 18.5 Å². The van der Waals surface area contributed by atoms with Gasteiger partial charge in [-0.25, -0.2) is 4.39 Å². The third kappa shape index (κ3) is 0.980. The number of halogens is 1. The Bertz CT molecular complexity index is 169. The van der Waals surface area contributed by atoms with E-state index in [1.54, 1.807) is 0 Å². The molecule has 0 radical (unpaired) electrons. The van der Waals surface area contributed by atoms with Gasteiger partial charge in [-0.05, 0) is 6.07 Å². The summed E-state index contributed by atoms with van der Waals surface area (Å²) in [5.74, 6) is -0.330. The quantitative estimate of drug-likeness (QED) is 0.524. The fourth-order valence-electron chi connectivity index (χ4n) is 0.369. The second-order valence-corrected chi connectivity index (χ2v) is 1.81. The molecule has 0 aliphatic carbocycles. The Labute approximate surface area is 52.0 Å². The number of rotatable bonds is 0. The smallest absolute Gasteiger partial charge is 0.139 e. The molecule has 0 amide bonds. The third-order valence-corrected chi connectivity index (χ3v) is 1.08. The molecule has 0 aliphatic rings. The summed E-state index contributed by atoms with van der Waals surface area (Å²) in [6.45, 7) is 0. The highest BCUT2D eigenvalue weighted by Crippen LogP contribution is 2.06. The lowest BCUT2D eigenvalue weighted by molar-refractivity contribution is 0.599. The second-order valence-electron chi connectivity index (χ2n) is 1.33. The summed E-state index contributed by atoms with van der Waals surface area (Å²) in [4.78, 5) is 3.91. The molecule has 0 N–H and O–H groups in total. The van der Waals surface area contributed by atoms with E-state index in [0.717, 1.165) is 0 Å². The Morgan fingerprint density at radius 2 is 2.38 bits per heavy atom. The summed E-state index contributed by atoms with van der Waals surface area (Å²) >= 11 is 3.76. The van der Waals surface area contributed by atoms with Gasteiger partial charge in [0.05, 0.1) is 4.90 Å². The number of nitrogens with zero attached hydrogens (tertiary/aromatic N) is 1. The van der Waals surface area contributed by atoms with Crippen molar-refractivity contribution in [2.24, 2.45) is 0 Å². The molecule has 3 heteroatoms. The first-order chi connectivity index (χ1) is 3.80. The van der Waals surface area contributed by atoms with Crippen LogP contribution < -0.4 is 0 Å². The maximum atomic E-state index is 12.2. The van der Waals surface area contributed by atoms with Crippen LogP contribution >= 0.6 is 12.6 Å². The molecule has 0 aromatic carbocycles. The fourth-order valence-corrected chi connectivity index (χ4v) is 0.510. The van der Waals surface area contributed by atoms with Gasteiger partial charge in [0.2, 0.25) is 0 Å². The normalized spacial score (nSPS) is 9.25. The van der Waals surface area contributed by atoms with Gasteiger partial charge in [0, 0.05) is 12.4 Å². The zero-order valence-electron chi connectivity index (χ0n) is 4.00. The zero-order chi connectivity index (χ0) is 5.98. The van der Waals surface area contributed by atoms with Crippen LogP contribution in [0.2, 0.25) is 0 Å². The van der Waals surface area contributed by atoms with Crippen LogP contribution in [0.1, 0.15) is 0 Å². The van der Waals surface area contributed by atoms with E-state index >= 15 is 0 Å². The molecule has 1 aromatic heterocycles. The molecule has 0 spiro atoms. The molecule has 0 aliphatic heterocycles. The third-order valence-electron chi connectivity index (χ3n) is 0.748. The predicted octanol–water partition coefficient (Wildman–Crippen LogP) is 1.51. The maximum absolute atomic E-state index is 12.2. The fraction of sp³-hybridized carbons (Fsp3) is 0. The number of pyridine rings is 1. The van der Waals surface area contributed by atoms with Crippen molar-refractivity contribution in [3.63, 3.8) is 0 Å². The minimum absolute atomic E-state index is 0.285. The first kappa shape index (κ1) is 5.56. The van der Waals surface area contributed by atoms with Gasteiger partial charge in [-0.1, -0.05) is 0 Å². The number of hydrogen-bond donors (Lipinski definition) is 1. The summed E-state index contributed by atoms with van der Waals surface area (Å²) in [6, 6.07) is 1.27. The summed E-state index contributed by atoms with van der Waals surface area (Å²) in [6.07, 6.45) is 2.74. The van der Waals surface area contributed by atoms with Crippen LogP contribution in [0.5, 0.6) is 0 Å². The predicted molar refractivity (Wildman–Crippen MR) is 31.4 cm³/mol. The molecule has 0 atom stereocenters. The Balaban J connectivity index is 3.13. The molecule has 0 unspecified atom stereocenters. The maximum Gasteiger partial charge on any atom is 0.139 e. The molecular weight excluding hydrogens is 125 g/mol. The van der Waals surface area contributed by atoms with Gasteiger partial charge < -0.3 is 0 Å². The summed E-state index contributed by atoms with van der Waals surface area (Å²) in [5.41, 5.74) is 0. The van der Waals surface area contributed by atoms with Crippen molar-refractivity contribution in [1.82, 2.24) is 4.98 Å². The average Bonchev–Trinajstić information content (AvgIpc) is 1.77. The molecule has 42 valence electrons. The zero-order valence-corrected chi connectivity index (χ0v) is 4.90. The topological polar surface area (TPSA) is 12.9 Å². The molecule has 0 saturated heterocycles. The highest BCUT2D eigenvalue weighted by Gasteiger charge is 1.91. The monoisotopic (exact) mass is 129 g/mol. The molecule has 1 nitrogen and oxygen atoms in total. The molecule has 0 saturated carbocycles. The molecule has 1 rings (SSSR count). The van der Waals surface area contributed by atoms with Crippen molar-refractivity contribution in [3.8, 4) is 0 Å². The number of hydrogen-bond acceptors (Lipinski definition) is 2. The van der Waals surface area contributed by atoms with Crippen LogP contribution in [0, 0.1) is 5.82 Å². The van der Waals surface area contributed by atoms with E-state index in [1.807, 2.05) is 0 Å². The van der Waals surface area contributed by atoms with E-state index in [9.17, 15) is 4.39 Å². The molecule has 0 bridgehead atoms. The first-order valence-electron chi connectivity index (χ1n) is 2.09. The van der Waals surface area contributed by atoms with Crippen molar-refractivity contribution in [2.75, 3.05) is 0 Å². The van der Waals surface area contributed by atoms with Crippen molar-refractivity contribution < 1.29 is 4.39 Å². The SMILES string of the molecule is Fc1ccncc1S. The van der Waals surface area contributed by atoms with E-state index in [0.29, 0.717) is 0 Å². The molecule has 8 heavy (non-hydrogen) atoms. The van der Waals surface area contributed by atoms with Crippen molar-refractivity contribution >= 4 is 12.6 Å². The van der Waals surface area contributed by atoms with E-state index in [4.69, 9.17) is 0 Å². The molecule has 0 fully saturated rings. The average molecular weight is 129 g/mol.